The highest BCUT2D eigenvalue weighted by molar-refractivity contribution is 6.42. The van der Waals surface area contributed by atoms with Crippen LogP contribution in [-0.4, -0.2) is 5.78 Å². The zero-order valence-electron chi connectivity index (χ0n) is 9.59. The van der Waals surface area contributed by atoms with Crippen molar-refractivity contribution in [2.45, 2.75) is 6.42 Å². The molecule has 98 valence electrons. The summed E-state index contributed by atoms with van der Waals surface area (Å²) < 4.78 is 13.1. The SMILES string of the molecule is O=C(Cc1ccc(Cl)c(Cl)c1)c1cc(F)ccc1Cl. The van der Waals surface area contributed by atoms with Crippen LogP contribution in [0.3, 0.4) is 0 Å². The van der Waals surface area contributed by atoms with E-state index in [0.717, 1.165) is 6.07 Å². The maximum Gasteiger partial charge on any atom is 0.168 e. The molecule has 0 fully saturated rings. The van der Waals surface area contributed by atoms with Crippen LogP contribution in [-0.2, 0) is 6.42 Å². The van der Waals surface area contributed by atoms with Gasteiger partial charge in [0, 0.05) is 12.0 Å². The third-order valence-electron chi connectivity index (χ3n) is 2.58. The lowest BCUT2D eigenvalue weighted by molar-refractivity contribution is 0.0992. The summed E-state index contributed by atoms with van der Waals surface area (Å²) in [5, 5.41) is 1.02. The fourth-order valence-electron chi connectivity index (χ4n) is 1.64. The molecule has 0 heterocycles. The minimum Gasteiger partial charge on any atom is -0.294 e. The number of carbonyl (C=O) groups is 1. The molecule has 19 heavy (non-hydrogen) atoms. The lowest BCUT2D eigenvalue weighted by Gasteiger charge is -2.05. The van der Waals surface area contributed by atoms with Gasteiger partial charge >= 0.3 is 0 Å². The average Bonchev–Trinajstić information content (AvgIpc) is 2.36. The Balaban J connectivity index is 2.25. The van der Waals surface area contributed by atoms with Gasteiger partial charge in [-0.2, -0.15) is 0 Å². The van der Waals surface area contributed by atoms with Crippen LogP contribution in [0, 0.1) is 5.82 Å². The first-order valence-corrected chi connectivity index (χ1v) is 6.53. The van der Waals surface area contributed by atoms with Gasteiger partial charge in [0.25, 0.3) is 0 Å². The van der Waals surface area contributed by atoms with Crippen molar-refractivity contribution in [3.8, 4) is 0 Å². The molecule has 0 spiro atoms. The Morgan fingerprint density at radius 3 is 2.32 bits per heavy atom. The molecule has 0 atom stereocenters. The number of Topliss-reactive ketones (excluding diaryl/α,β-unsaturated/α-hetero) is 1. The number of hydrogen-bond acceptors (Lipinski definition) is 1. The maximum atomic E-state index is 13.1. The van der Waals surface area contributed by atoms with Crippen LogP contribution < -0.4 is 0 Å². The summed E-state index contributed by atoms with van der Waals surface area (Å²) in [6, 6.07) is 8.60. The summed E-state index contributed by atoms with van der Waals surface area (Å²) in [6.45, 7) is 0. The van der Waals surface area contributed by atoms with E-state index in [4.69, 9.17) is 34.8 Å². The molecule has 2 aromatic rings. The molecule has 0 unspecified atom stereocenters. The summed E-state index contributed by atoms with van der Waals surface area (Å²) in [4.78, 5) is 12.1. The molecule has 0 saturated carbocycles. The number of rotatable bonds is 3. The molecule has 0 aliphatic rings. The largest absolute Gasteiger partial charge is 0.294 e. The van der Waals surface area contributed by atoms with Crippen molar-refractivity contribution in [1.82, 2.24) is 0 Å². The van der Waals surface area contributed by atoms with Crippen molar-refractivity contribution in [3.63, 3.8) is 0 Å². The normalized spacial score (nSPS) is 10.5. The summed E-state index contributed by atoms with van der Waals surface area (Å²) in [5.41, 5.74) is 0.854. The molecule has 0 N–H and O–H groups in total. The van der Waals surface area contributed by atoms with Gasteiger partial charge in [0.2, 0.25) is 0 Å². The summed E-state index contributed by atoms with van der Waals surface area (Å²) in [6.07, 6.45) is 0.0834. The zero-order chi connectivity index (χ0) is 14.0. The Labute approximate surface area is 124 Å². The molecule has 2 aromatic carbocycles. The quantitative estimate of drug-likeness (QED) is 0.710. The van der Waals surface area contributed by atoms with Crippen molar-refractivity contribution < 1.29 is 9.18 Å². The first-order valence-electron chi connectivity index (χ1n) is 5.39. The Kier molecular flexibility index (Phi) is 4.46. The van der Waals surface area contributed by atoms with Gasteiger partial charge in [-0.1, -0.05) is 40.9 Å². The van der Waals surface area contributed by atoms with E-state index in [-0.39, 0.29) is 22.8 Å². The minimum atomic E-state index is -0.498. The predicted molar refractivity (Wildman–Crippen MR) is 75.9 cm³/mol. The van der Waals surface area contributed by atoms with Gasteiger partial charge in [-0.25, -0.2) is 4.39 Å². The Bertz CT molecular complexity index is 641. The molecular weight excluding hydrogens is 310 g/mol. The first-order chi connectivity index (χ1) is 8.97. The third kappa shape index (κ3) is 3.47. The summed E-state index contributed by atoms with van der Waals surface area (Å²) in [5.74, 6) is -0.773. The third-order valence-corrected chi connectivity index (χ3v) is 3.65. The van der Waals surface area contributed by atoms with E-state index < -0.39 is 5.82 Å². The van der Waals surface area contributed by atoms with Gasteiger partial charge in [0.1, 0.15) is 5.82 Å². The predicted octanol–water partition coefficient (Wildman–Crippen LogP) is 5.21. The van der Waals surface area contributed by atoms with Crippen LogP contribution in [0.25, 0.3) is 0 Å². The number of benzene rings is 2. The molecule has 0 saturated heterocycles. The van der Waals surface area contributed by atoms with E-state index in [1.54, 1.807) is 18.2 Å². The number of ketones is 1. The van der Waals surface area contributed by atoms with Crippen molar-refractivity contribution in [3.05, 3.63) is 68.4 Å². The van der Waals surface area contributed by atoms with Crippen LogP contribution in [0.5, 0.6) is 0 Å². The molecule has 0 radical (unpaired) electrons. The van der Waals surface area contributed by atoms with E-state index in [1.807, 2.05) is 0 Å². The van der Waals surface area contributed by atoms with Crippen LogP contribution in [0.15, 0.2) is 36.4 Å². The monoisotopic (exact) mass is 316 g/mol. The molecule has 1 nitrogen and oxygen atoms in total. The number of carbonyl (C=O) groups excluding carboxylic acids is 1. The lowest BCUT2D eigenvalue weighted by Crippen LogP contribution is -2.05. The molecule has 2 rings (SSSR count). The van der Waals surface area contributed by atoms with Crippen molar-refractivity contribution >= 4 is 40.6 Å². The van der Waals surface area contributed by atoms with Crippen LogP contribution in [0.2, 0.25) is 15.1 Å². The zero-order valence-corrected chi connectivity index (χ0v) is 11.9. The van der Waals surface area contributed by atoms with E-state index in [9.17, 15) is 9.18 Å². The smallest absolute Gasteiger partial charge is 0.168 e. The Morgan fingerprint density at radius 2 is 1.63 bits per heavy atom. The second-order valence-corrected chi connectivity index (χ2v) is 5.19. The number of halogens is 4. The standard InChI is InChI=1S/C14H8Cl3FO/c15-11-4-2-9(18)7-10(11)14(19)6-8-1-3-12(16)13(17)5-8/h1-5,7H,6H2. The van der Waals surface area contributed by atoms with Gasteiger partial charge in [0.15, 0.2) is 5.78 Å². The van der Waals surface area contributed by atoms with Gasteiger partial charge in [-0.15, -0.1) is 0 Å². The minimum absolute atomic E-state index is 0.0834. The molecule has 0 bridgehead atoms. The lowest BCUT2D eigenvalue weighted by atomic mass is 10.0. The van der Waals surface area contributed by atoms with Crippen molar-refractivity contribution in [2.24, 2.45) is 0 Å². The second-order valence-electron chi connectivity index (χ2n) is 3.97. The highest BCUT2D eigenvalue weighted by atomic mass is 35.5. The van der Waals surface area contributed by atoms with Crippen LogP contribution in [0.4, 0.5) is 4.39 Å². The second kappa shape index (κ2) is 5.91. The summed E-state index contributed by atoms with van der Waals surface area (Å²) in [7, 11) is 0. The Morgan fingerprint density at radius 1 is 0.947 bits per heavy atom. The fourth-order valence-corrected chi connectivity index (χ4v) is 2.19. The maximum absolute atomic E-state index is 13.1. The molecule has 5 heteroatoms. The van der Waals surface area contributed by atoms with Crippen molar-refractivity contribution in [2.75, 3.05) is 0 Å². The van der Waals surface area contributed by atoms with Crippen molar-refractivity contribution in [1.29, 1.82) is 0 Å². The molecular formula is C14H8Cl3FO. The van der Waals surface area contributed by atoms with Crippen LogP contribution >= 0.6 is 34.8 Å². The summed E-state index contributed by atoms with van der Waals surface area (Å²) >= 11 is 17.5. The topological polar surface area (TPSA) is 17.1 Å². The molecule has 0 aliphatic heterocycles. The van der Waals surface area contributed by atoms with Gasteiger partial charge < -0.3 is 0 Å². The molecule has 0 amide bonds. The average molecular weight is 318 g/mol. The van der Waals surface area contributed by atoms with Crippen LogP contribution in [0.1, 0.15) is 15.9 Å². The van der Waals surface area contributed by atoms with E-state index in [2.05, 4.69) is 0 Å². The Hall–Kier alpha value is -1.09. The van der Waals surface area contributed by atoms with Gasteiger partial charge in [0.05, 0.1) is 15.1 Å². The number of hydrogen-bond donors (Lipinski definition) is 0. The molecule has 0 aromatic heterocycles. The van der Waals surface area contributed by atoms with E-state index in [0.29, 0.717) is 15.6 Å². The molecule has 0 aliphatic carbocycles. The van der Waals surface area contributed by atoms with E-state index in [1.165, 1.54) is 12.1 Å². The van der Waals surface area contributed by atoms with E-state index >= 15 is 0 Å². The van der Waals surface area contributed by atoms with Gasteiger partial charge in [-0.3, -0.25) is 4.79 Å². The van der Waals surface area contributed by atoms with Gasteiger partial charge in [-0.05, 0) is 35.9 Å². The highest BCUT2D eigenvalue weighted by Crippen LogP contribution is 2.24. The first kappa shape index (κ1) is 14.3. The highest BCUT2D eigenvalue weighted by Gasteiger charge is 2.13. The fraction of sp³-hybridized carbons (Fsp3) is 0.0714.